The number of thiazole rings is 1. The van der Waals surface area contributed by atoms with Crippen LogP contribution in [0.2, 0.25) is 0 Å². The molecule has 0 saturated carbocycles. The zero-order valence-electron chi connectivity index (χ0n) is 13.7. The number of nitrogens with zero attached hydrogens (tertiary/aromatic N) is 3. The Bertz CT molecular complexity index is 500. The van der Waals surface area contributed by atoms with Gasteiger partial charge in [0, 0.05) is 44.0 Å². The van der Waals surface area contributed by atoms with Crippen molar-refractivity contribution in [2.24, 2.45) is 10.9 Å². The van der Waals surface area contributed by atoms with Gasteiger partial charge >= 0.3 is 5.97 Å². The van der Waals surface area contributed by atoms with Crippen molar-refractivity contribution in [1.29, 1.82) is 0 Å². The number of rotatable bonds is 6. The molecular weight excluding hydrogens is 332 g/mol. The Hall–Kier alpha value is -1.28. The fraction of sp³-hybridized carbons (Fsp3) is 0.667. The van der Waals surface area contributed by atoms with Gasteiger partial charge in [0.05, 0.1) is 13.0 Å². The van der Waals surface area contributed by atoms with Crippen LogP contribution < -0.4 is 5.32 Å². The number of ether oxygens (including phenoxy) is 1. The minimum atomic E-state index is -0.0909. The maximum Gasteiger partial charge on any atom is 0.308 e. The van der Waals surface area contributed by atoms with Crippen LogP contribution in [0.25, 0.3) is 0 Å². The third kappa shape index (κ3) is 5.69. The molecule has 0 spiro atoms. The summed E-state index contributed by atoms with van der Waals surface area (Å²) in [4.78, 5) is 22.4. The maximum absolute atomic E-state index is 11.6. The first kappa shape index (κ1) is 18.1. The highest BCUT2D eigenvalue weighted by atomic mass is 32.2. The van der Waals surface area contributed by atoms with Crippen LogP contribution in [0.15, 0.2) is 20.9 Å². The Morgan fingerprint density at radius 2 is 2.35 bits per heavy atom. The molecule has 2 heterocycles. The number of esters is 1. The van der Waals surface area contributed by atoms with Gasteiger partial charge in [0.15, 0.2) is 5.96 Å². The molecule has 1 aliphatic heterocycles. The van der Waals surface area contributed by atoms with Crippen LogP contribution in [0.3, 0.4) is 0 Å². The van der Waals surface area contributed by atoms with Gasteiger partial charge in [0.1, 0.15) is 4.34 Å². The molecule has 0 unspecified atom stereocenters. The molecule has 1 fully saturated rings. The minimum absolute atomic E-state index is 0.0315. The monoisotopic (exact) mass is 356 g/mol. The highest BCUT2D eigenvalue weighted by Crippen LogP contribution is 2.20. The van der Waals surface area contributed by atoms with Gasteiger partial charge < -0.3 is 15.0 Å². The highest BCUT2D eigenvalue weighted by Gasteiger charge is 2.26. The molecule has 0 radical (unpaired) electrons. The van der Waals surface area contributed by atoms with E-state index in [2.05, 4.69) is 20.2 Å². The van der Waals surface area contributed by atoms with E-state index in [0.29, 0.717) is 0 Å². The SMILES string of the molecule is CN=C(NCCCSc1nccs1)N1CCC(C(=O)OC)CC1. The van der Waals surface area contributed by atoms with Crippen molar-refractivity contribution in [3.8, 4) is 0 Å². The largest absolute Gasteiger partial charge is 0.469 e. The van der Waals surface area contributed by atoms with Gasteiger partial charge in [-0.25, -0.2) is 4.98 Å². The Labute approximate surface area is 145 Å². The number of piperidine rings is 1. The van der Waals surface area contributed by atoms with Crippen LogP contribution in [0.1, 0.15) is 19.3 Å². The number of hydrogen-bond acceptors (Lipinski definition) is 6. The zero-order valence-corrected chi connectivity index (χ0v) is 15.3. The second-order valence-electron chi connectivity index (χ2n) is 5.26. The van der Waals surface area contributed by atoms with Crippen LogP contribution in [0.5, 0.6) is 0 Å². The second-order valence-corrected chi connectivity index (χ2v) is 7.50. The van der Waals surface area contributed by atoms with Crippen molar-refractivity contribution in [3.63, 3.8) is 0 Å². The van der Waals surface area contributed by atoms with Gasteiger partial charge in [-0.3, -0.25) is 9.79 Å². The van der Waals surface area contributed by atoms with Crippen molar-refractivity contribution >= 4 is 35.0 Å². The van der Waals surface area contributed by atoms with E-state index in [0.717, 1.165) is 54.9 Å². The molecule has 2 rings (SSSR count). The Morgan fingerprint density at radius 1 is 1.57 bits per heavy atom. The lowest BCUT2D eigenvalue weighted by Gasteiger charge is -2.33. The first-order chi connectivity index (χ1) is 11.2. The van der Waals surface area contributed by atoms with Crippen molar-refractivity contribution in [2.45, 2.75) is 23.6 Å². The van der Waals surface area contributed by atoms with Gasteiger partial charge in [0.25, 0.3) is 0 Å². The van der Waals surface area contributed by atoms with E-state index in [9.17, 15) is 4.79 Å². The number of guanidine groups is 1. The number of thioether (sulfide) groups is 1. The molecule has 8 heteroatoms. The van der Waals surface area contributed by atoms with Gasteiger partial charge in [-0.05, 0) is 19.3 Å². The average Bonchev–Trinajstić information content (AvgIpc) is 3.11. The topological polar surface area (TPSA) is 66.8 Å². The molecular formula is C15H24N4O2S2. The molecule has 23 heavy (non-hydrogen) atoms. The van der Waals surface area contributed by atoms with E-state index in [4.69, 9.17) is 4.74 Å². The molecule has 1 saturated heterocycles. The molecule has 0 aliphatic carbocycles. The van der Waals surface area contributed by atoms with Gasteiger partial charge in [-0.2, -0.15) is 0 Å². The number of carbonyl (C=O) groups is 1. The normalized spacial score (nSPS) is 16.4. The van der Waals surface area contributed by atoms with Gasteiger partial charge in [-0.15, -0.1) is 11.3 Å². The van der Waals surface area contributed by atoms with E-state index in [1.807, 2.05) is 11.6 Å². The smallest absolute Gasteiger partial charge is 0.308 e. The summed E-state index contributed by atoms with van der Waals surface area (Å²) in [6, 6.07) is 0. The molecule has 0 amide bonds. The molecule has 6 nitrogen and oxygen atoms in total. The zero-order chi connectivity index (χ0) is 16.5. The maximum atomic E-state index is 11.6. The summed E-state index contributed by atoms with van der Waals surface area (Å²) < 4.78 is 5.95. The van der Waals surface area contributed by atoms with E-state index in [-0.39, 0.29) is 11.9 Å². The highest BCUT2D eigenvalue weighted by molar-refractivity contribution is 8.00. The fourth-order valence-corrected chi connectivity index (χ4v) is 4.19. The van der Waals surface area contributed by atoms with Crippen molar-refractivity contribution < 1.29 is 9.53 Å². The number of aromatic nitrogens is 1. The fourth-order valence-electron chi connectivity index (χ4n) is 2.54. The van der Waals surface area contributed by atoms with E-state index >= 15 is 0 Å². The number of methoxy groups -OCH3 is 1. The Morgan fingerprint density at radius 3 is 2.96 bits per heavy atom. The molecule has 128 valence electrons. The van der Waals surface area contributed by atoms with Gasteiger partial charge in [-0.1, -0.05) is 11.8 Å². The summed E-state index contributed by atoms with van der Waals surface area (Å²) in [5, 5.41) is 5.41. The van der Waals surface area contributed by atoms with Crippen LogP contribution >= 0.6 is 23.1 Å². The quantitative estimate of drug-likeness (QED) is 0.277. The lowest BCUT2D eigenvalue weighted by atomic mass is 9.97. The standard InChI is InChI=1S/C15H24N4O2S2/c1-16-14(17-6-3-10-22-15-18-7-11-23-15)19-8-4-12(5-9-19)13(20)21-2/h7,11-12H,3-6,8-10H2,1-2H3,(H,16,17). The van der Waals surface area contributed by atoms with Crippen molar-refractivity contribution in [3.05, 3.63) is 11.6 Å². The number of aliphatic imine (C=N–C) groups is 1. The lowest BCUT2D eigenvalue weighted by molar-refractivity contribution is -0.146. The third-order valence-corrected chi connectivity index (χ3v) is 5.83. The third-order valence-electron chi connectivity index (χ3n) is 3.78. The van der Waals surface area contributed by atoms with Crippen LogP contribution in [-0.2, 0) is 9.53 Å². The number of hydrogen-bond donors (Lipinski definition) is 1. The summed E-state index contributed by atoms with van der Waals surface area (Å²) in [6.07, 6.45) is 4.55. The summed E-state index contributed by atoms with van der Waals surface area (Å²) in [7, 11) is 3.26. The first-order valence-corrected chi connectivity index (χ1v) is 9.67. The summed E-state index contributed by atoms with van der Waals surface area (Å²) in [5.74, 6) is 1.91. The second kappa shape index (κ2) is 9.77. The molecule has 1 aromatic rings. The summed E-state index contributed by atoms with van der Waals surface area (Å²) in [6.45, 7) is 2.57. The van der Waals surface area contributed by atoms with E-state index < -0.39 is 0 Å². The number of carbonyl (C=O) groups excluding carboxylic acids is 1. The number of likely N-dealkylation sites (tertiary alicyclic amines) is 1. The van der Waals surface area contributed by atoms with Gasteiger partial charge in [0.2, 0.25) is 0 Å². The van der Waals surface area contributed by atoms with Crippen molar-refractivity contribution in [1.82, 2.24) is 15.2 Å². The first-order valence-electron chi connectivity index (χ1n) is 7.80. The molecule has 0 aromatic carbocycles. The Balaban J connectivity index is 1.64. The molecule has 1 aromatic heterocycles. The van der Waals surface area contributed by atoms with Crippen LogP contribution in [-0.4, -0.2) is 61.4 Å². The summed E-state index contributed by atoms with van der Waals surface area (Å²) >= 11 is 3.47. The number of nitrogens with one attached hydrogen (secondary N) is 1. The average molecular weight is 357 g/mol. The molecule has 1 N–H and O–H groups in total. The van der Waals surface area contributed by atoms with Crippen molar-refractivity contribution in [2.75, 3.05) is 39.5 Å². The predicted octanol–water partition coefficient (Wildman–Crippen LogP) is 2.09. The molecule has 0 bridgehead atoms. The summed E-state index contributed by atoms with van der Waals surface area (Å²) in [5.41, 5.74) is 0. The lowest BCUT2D eigenvalue weighted by Crippen LogP contribution is -2.46. The molecule has 1 aliphatic rings. The van der Waals surface area contributed by atoms with Crippen LogP contribution in [0, 0.1) is 5.92 Å². The van der Waals surface area contributed by atoms with E-state index in [1.165, 1.54) is 7.11 Å². The van der Waals surface area contributed by atoms with E-state index in [1.54, 1.807) is 30.1 Å². The Kier molecular flexibility index (Phi) is 7.67. The molecule has 0 atom stereocenters. The predicted molar refractivity (Wildman–Crippen MR) is 95.1 cm³/mol. The van der Waals surface area contributed by atoms with Crippen LogP contribution in [0.4, 0.5) is 0 Å². The minimum Gasteiger partial charge on any atom is -0.469 e.